The van der Waals surface area contributed by atoms with Crippen LogP contribution in [0.15, 0.2) is 20.0 Å². The number of ether oxygens (including phenoxy) is 1. The van der Waals surface area contributed by atoms with Crippen molar-refractivity contribution in [2.45, 2.75) is 24.5 Å². The van der Waals surface area contributed by atoms with Crippen molar-refractivity contribution in [3.8, 4) is 0 Å². The Morgan fingerprint density at radius 2 is 2.33 bits per heavy atom. The highest BCUT2D eigenvalue weighted by Crippen LogP contribution is 2.29. The lowest BCUT2D eigenvalue weighted by molar-refractivity contribution is 0.0101. The van der Waals surface area contributed by atoms with Gasteiger partial charge in [-0.15, -0.1) is 0 Å². The average Bonchev–Trinajstić information content (AvgIpc) is 2.71. The smallest absolute Gasteiger partial charge is 0.247 e. The largest absolute Gasteiger partial charge is 0.452 e. The fourth-order valence-electron chi connectivity index (χ4n) is 1.82. The van der Waals surface area contributed by atoms with Crippen molar-refractivity contribution in [2.24, 2.45) is 5.73 Å². The predicted molar refractivity (Wildman–Crippen MR) is 68.5 cm³/mol. The molecular formula is C10H15BrN2O4S. The van der Waals surface area contributed by atoms with Gasteiger partial charge >= 0.3 is 0 Å². The lowest BCUT2D eigenvalue weighted by atomic mass is 10.3. The summed E-state index contributed by atoms with van der Waals surface area (Å²) in [5.41, 5.74) is 5.43. The van der Waals surface area contributed by atoms with Gasteiger partial charge < -0.3 is 14.9 Å². The van der Waals surface area contributed by atoms with E-state index < -0.39 is 10.0 Å². The Balaban J connectivity index is 2.32. The molecule has 1 aliphatic heterocycles. The van der Waals surface area contributed by atoms with E-state index in [1.165, 1.54) is 10.4 Å². The monoisotopic (exact) mass is 338 g/mol. The van der Waals surface area contributed by atoms with Gasteiger partial charge in [-0.25, -0.2) is 8.42 Å². The number of nitrogens with zero attached hydrogens (tertiary/aromatic N) is 1. The molecule has 2 heterocycles. The molecule has 1 saturated heterocycles. The van der Waals surface area contributed by atoms with Crippen LogP contribution in [0.1, 0.15) is 12.7 Å². The van der Waals surface area contributed by atoms with Crippen molar-refractivity contribution in [2.75, 3.05) is 19.7 Å². The Labute approximate surface area is 114 Å². The fraction of sp³-hybridized carbons (Fsp3) is 0.600. The SMILES string of the molecule is CC1CN(S(=O)(=O)c2cc(CN)oc2Br)CCO1. The molecule has 0 radical (unpaired) electrons. The van der Waals surface area contributed by atoms with Crippen LogP contribution in [0.5, 0.6) is 0 Å². The second kappa shape index (κ2) is 5.30. The molecule has 8 heteroatoms. The van der Waals surface area contributed by atoms with Crippen molar-refractivity contribution >= 4 is 26.0 Å². The van der Waals surface area contributed by atoms with Crippen molar-refractivity contribution in [1.82, 2.24) is 4.31 Å². The second-order valence-electron chi connectivity index (χ2n) is 4.10. The van der Waals surface area contributed by atoms with Crippen LogP contribution < -0.4 is 5.73 Å². The third kappa shape index (κ3) is 2.62. The second-order valence-corrected chi connectivity index (χ2v) is 6.73. The summed E-state index contributed by atoms with van der Waals surface area (Å²) in [5, 5.41) is 0. The Morgan fingerprint density at radius 3 is 2.89 bits per heavy atom. The van der Waals surface area contributed by atoms with E-state index in [4.69, 9.17) is 14.9 Å². The quantitative estimate of drug-likeness (QED) is 0.885. The molecule has 1 aromatic rings. The predicted octanol–water partition coefficient (Wildman–Crippen LogP) is 0.910. The minimum absolute atomic E-state index is 0.104. The topological polar surface area (TPSA) is 85.8 Å². The van der Waals surface area contributed by atoms with E-state index in [1.807, 2.05) is 6.92 Å². The molecule has 18 heavy (non-hydrogen) atoms. The third-order valence-electron chi connectivity index (χ3n) is 2.73. The molecule has 1 aliphatic rings. The molecule has 0 aromatic carbocycles. The molecule has 0 saturated carbocycles. The molecule has 2 N–H and O–H groups in total. The van der Waals surface area contributed by atoms with Crippen LogP contribution in [0, 0.1) is 0 Å². The van der Waals surface area contributed by atoms with E-state index in [0.717, 1.165) is 0 Å². The summed E-state index contributed by atoms with van der Waals surface area (Å²) in [4.78, 5) is 0.122. The minimum atomic E-state index is -3.56. The number of sulfonamides is 1. The standard InChI is InChI=1S/C10H15BrN2O4S/c1-7-6-13(2-3-16-7)18(14,15)9-4-8(5-12)17-10(9)11/h4,7H,2-3,5-6,12H2,1H3. The highest BCUT2D eigenvalue weighted by atomic mass is 79.9. The number of nitrogens with two attached hydrogens (primary N) is 1. The number of hydrogen-bond donors (Lipinski definition) is 1. The van der Waals surface area contributed by atoms with Crippen LogP contribution in [0.4, 0.5) is 0 Å². The Bertz CT molecular complexity index is 528. The molecule has 0 aliphatic carbocycles. The zero-order chi connectivity index (χ0) is 13.3. The Hall–Kier alpha value is -0.410. The third-order valence-corrected chi connectivity index (χ3v) is 5.45. The van der Waals surface area contributed by atoms with Gasteiger partial charge in [0.2, 0.25) is 10.0 Å². The molecule has 6 nitrogen and oxygen atoms in total. The van der Waals surface area contributed by atoms with E-state index in [2.05, 4.69) is 15.9 Å². The normalized spacial score (nSPS) is 22.3. The number of hydrogen-bond acceptors (Lipinski definition) is 5. The summed E-state index contributed by atoms with van der Waals surface area (Å²) >= 11 is 3.12. The number of rotatable bonds is 3. The molecule has 1 atom stereocenters. The molecule has 1 fully saturated rings. The van der Waals surface area contributed by atoms with Gasteiger partial charge in [0, 0.05) is 19.2 Å². The first kappa shape index (κ1) is 14.0. The van der Waals surface area contributed by atoms with Crippen LogP contribution in [-0.2, 0) is 21.3 Å². The van der Waals surface area contributed by atoms with E-state index in [-0.39, 0.29) is 22.2 Å². The van der Waals surface area contributed by atoms with Gasteiger partial charge in [0.25, 0.3) is 0 Å². The van der Waals surface area contributed by atoms with Gasteiger partial charge in [0.15, 0.2) is 4.67 Å². The molecule has 1 aromatic heterocycles. The van der Waals surface area contributed by atoms with Crippen LogP contribution in [0.3, 0.4) is 0 Å². The van der Waals surface area contributed by atoms with Crippen molar-refractivity contribution in [1.29, 1.82) is 0 Å². The maximum absolute atomic E-state index is 12.4. The van der Waals surface area contributed by atoms with Crippen molar-refractivity contribution < 1.29 is 17.6 Å². The first-order valence-corrected chi connectivity index (χ1v) is 7.78. The van der Waals surface area contributed by atoms with Crippen LogP contribution in [0.2, 0.25) is 0 Å². The molecule has 0 amide bonds. The summed E-state index contributed by atoms with van der Waals surface area (Å²) in [5.74, 6) is 0.432. The van der Waals surface area contributed by atoms with Gasteiger partial charge in [-0.3, -0.25) is 0 Å². The van der Waals surface area contributed by atoms with Crippen LogP contribution in [0.25, 0.3) is 0 Å². The first-order chi connectivity index (χ1) is 8.45. The molecule has 0 bridgehead atoms. The fourth-order valence-corrected chi connectivity index (χ4v) is 4.28. The van der Waals surface area contributed by atoms with Gasteiger partial charge in [-0.05, 0) is 22.9 Å². The zero-order valence-electron chi connectivity index (χ0n) is 9.93. The van der Waals surface area contributed by atoms with E-state index >= 15 is 0 Å². The summed E-state index contributed by atoms with van der Waals surface area (Å²) < 4.78 is 37.0. The zero-order valence-corrected chi connectivity index (χ0v) is 12.3. The molecule has 0 spiro atoms. The summed E-state index contributed by atoms with van der Waals surface area (Å²) in [7, 11) is -3.56. The van der Waals surface area contributed by atoms with Gasteiger partial charge in [-0.1, -0.05) is 0 Å². The summed E-state index contributed by atoms with van der Waals surface area (Å²) in [6, 6.07) is 1.46. The van der Waals surface area contributed by atoms with Crippen molar-refractivity contribution in [3.63, 3.8) is 0 Å². The van der Waals surface area contributed by atoms with Crippen LogP contribution in [-0.4, -0.2) is 38.5 Å². The minimum Gasteiger partial charge on any atom is -0.452 e. The molecule has 2 rings (SSSR count). The molecule has 1 unspecified atom stereocenters. The maximum atomic E-state index is 12.4. The summed E-state index contributed by atoms with van der Waals surface area (Å²) in [6.07, 6.45) is -0.104. The maximum Gasteiger partial charge on any atom is 0.247 e. The summed E-state index contributed by atoms with van der Waals surface area (Å²) in [6.45, 7) is 3.10. The number of halogens is 1. The van der Waals surface area contributed by atoms with E-state index in [1.54, 1.807) is 0 Å². The average molecular weight is 339 g/mol. The lowest BCUT2D eigenvalue weighted by Gasteiger charge is -2.29. The van der Waals surface area contributed by atoms with Crippen LogP contribution >= 0.6 is 15.9 Å². The van der Waals surface area contributed by atoms with E-state index in [9.17, 15) is 8.42 Å². The lowest BCUT2D eigenvalue weighted by Crippen LogP contribution is -2.44. The van der Waals surface area contributed by atoms with E-state index in [0.29, 0.717) is 25.5 Å². The highest BCUT2D eigenvalue weighted by Gasteiger charge is 2.32. The molecular weight excluding hydrogens is 324 g/mol. The number of furan rings is 1. The van der Waals surface area contributed by atoms with Crippen molar-refractivity contribution in [3.05, 3.63) is 16.5 Å². The highest BCUT2D eigenvalue weighted by molar-refractivity contribution is 9.10. The Morgan fingerprint density at radius 1 is 1.61 bits per heavy atom. The Kier molecular flexibility index (Phi) is 4.12. The molecule has 102 valence electrons. The van der Waals surface area contributed by atoms with Gasteiger partial charge in [0.05, 0.1) is 19.3 Å². The van der Waals surface area contributed by atoms with Gasteiger partial charge in [0.1, 0.15) is 10.7 Å². The van der Waals surface area contributed by atoms with Gasteiger partial charge in [-0.2, -0.15) is 4.31 Å². The number of morpholine rings is 1. The first-order valence-electron chi connectivity index (χ1n) is 5.55.